The zero-order valence-electron chi connectivity index (χ0n) is 14.2. The van der Waals surface area contributed by atoms with E-state index in [9.17, 15) is 9.59 Å². The summed E-state index contributed by atoms with van der Waals surface area (Å²) in [4.78, 5) is 26.4. The first-order chi connectivity index (χ1) is 12.6. The number of aromatic nitrogens is 1. The molecule has 1 aromatic carbocycles. The van der Waals surface area contributed by atoms with Crippen molar-refractivity contribution in [2.45, 2.75) is 31.3 Å². The minimum Gasteiger partial charge on any atom is -0.360 e. The summed E-state index contributed by atoms with van der Waals surface area (Å²) in [5, 5.41) is 7.09. The lowest BCUT2D eigenvalue weighted by Crippen LogP contribution is -2.57. The van der Waals surface area contributed by atoms with Crippen LogP contribution in [0, 0.1) is 0 Å². The first-order valence-corrected chi connectivity index (χ1v) is 8.60. The number of hydrogen-bond acceptors (Lipinski definition) is 5. The van der Waals surface area contributed by atoms with Crippen molar-refractivity contribution in [2.24, 2.45) is 0 Å². The Morgan fingerprint density at radius 3 is 2.77 bits per heavy atom. The number of nitrogens with zero attached hydrogens (tertiary/aromatic N) is 3. The number of para-hydroxylation sites is 1. The Morgan fingerprint density at radius 2 is 2.04 bits per heavy atom. The summed E-state index contributed by atoms with van der Waals surface area (Å²) in [5.74, 6) is 0.522. The second-order valence-corrected chi connectivity index (χ2v) is 6.75. The predicted octanol–water partition coefficient (Wildman–Crippen LogP) is 2.70. The number of Topliss-reactive ketones (excluding diaryl/α,β-unsaturated/α-hetero) is 1. The number of halogens is 1. The average Bonchev–Trinajstić information content (AvgIpc) is 3.19. The number of anilines is 1. The monoisotopic (exact) mass is 358 g/mol. The van der Waals surface area contributed by atoms with Gasteiger partial charge in [0.25, 0.3) is 0 Å². The van der Waals surface area contributed by atoms with E-state index in [1.165, 1.54) is 6.20 Å². The Bertz CT molecular complexity index is 816. The summed E-state index contributed by atoms with van der Waals surface area (Å²) < 4.78 is 20.0. The largest absolute Gasteiger partial charge is 0.360 e. The van der Waals surface area contributed by atoms with E-state index in [2.05, 4.69) is 10.5 Å². The van der Waals surface area contributed by atoms with Crippen molar-refractivity contribution in [1.82, 2.24) is 15.4 Å². The van der Waals surface area contributed by atoms with E-state index >= 15 is 4.48 Å². The summed E-state index contributed by atoms with van der Waals surface area (Å²) in [6, 6.07) is 8.20. The van der Waals surface area contributed by atoms with Gasteiger partial charge < -0.3 is 14.7 Å². The molecule has 7 nitrogen and oxygen atoms in total. The van der Waals surface area contributed by atoms with Crippen LogP contribution in [0.1, 0.15) is 35.4 Å². The van der Waals surface area contributed by atoms with Crippen LogP contribution >= 0.6 is 0 Å². The molecule has 2 aromatic rings. The van der Waals surface area contributed by atoms with Crippen LogP contribution in [0.3, 0.4) is 0 Å². The lowest BCUT2D eigenvalue weighted by atomic mass is 9.78. The minimum atomic E-state index is -0.868. The molecule has 2 aliphatic rings. The number of rotatable bonds is 2. The standard InChI is InChI=1S/C18H19FN4O3/c19-23-15-4-2-1-3-14(15)16(24)11-18(23)6-9-22(10-7-18)17(25)20-12-13-5-8-21-26-13/h1-5,8H,6-7,9-12H2,(H,20,25). The fourth-order valence-electron chi connectivity index (χ4n) is 3.71. The number of benzene rings is 1. The van der Waals surface area contributed by atoms with Crippen LogP contribution in [-0.2, 0) is 6.54 Å². The number of amides is 2. The third-order valence-electron chi connectivity index (χ3n) is 5.21. The Labute approximate surface area is 149 Å². The molecule has 0 bridgehead atoms. The average molecular weight is 358 g/mol. The minimum absolute atomic E-state index is 0.0438. The molecule has 0 unspecified atom stereocenters. The molecule has 8 heteroatoms. The first-order valence-electron chi connectivity index (χ1n) is 8.60. The molecular weight excluding hydrogens is 339 g/mol. The van der Waals surface area contributed by atoms with Gasteiger partial charge in [0.15, 0.2) is 11.5 Å². The van der Waals surface area contributed by atoms with Gasteiger partial charge in [0.2, 0.25) is 0 Å². The number of carbonyl (C=O) groups is 2. The second-order valence-electron chi connectivity index (χ2n) is 6.75. The van der Waals surface area contributed by atoms with E-state index in [-0.39, 0.29) is 24.8 Å². The highest BCUT2D eigenvalue weighted by Gasteiger charge is 2.47. The Morgan fingerprint density at radius 1 is 1.27 bits per heavy atom. The molecular formula is C18H19FN4O3. The molecule has 0 radical (unpaired) electrons. The van der Waals surface area contributed by atoms with Crippen molar-refractivity contribution in [1.29, 1.82) is 0 Å². The molecule has 1 fully saturated rings. The third-order valence-corrected chi connectivity index (χ3v) is 5.21. The summed E-state index contributed by atoms with van der Waals surface area (Å²) >= 11 is 0. The maximum Gasteiger partial charge on any atom is 0.317 e. The molecule has 2 aliphatic heterocycles. The number of urea groups is 1. The van der Waals surface area contributed by atoms with E-state index in [4.69, 9.17) is 4.52 Å². The van der Waals surface area contributed by atoms with Gasteiger partial charge in [-0.25, -0.2) is 9.92 Å². The zero-order chi connectivity index (χ0) is 18.1. The first kappa shape index (κ1) is 16.6. The van der Waals surface area contributed by atoms with Crippen molar-refractivity contribution in [2.75, 3.05) is 18.2 Å². The molecule has 26 heavy (non-hydrogen) atoms. The van der Waals surface area contributed by atoms with Crippen LogP contribution in [0.5, 0.6) is 0 Å². The highest BCUT2D eigenvalue weighted by molar-refractivity contribution is 6.04. The van der Waals surface area contributed by atoms with E-state index in [1.807, 2.05) is 0 Å². The van der Waals surface area contributed by atoms with Crippen molar-refractivity contribution >= 4 is 17.5 Å². The molecule has 0 aliphatic carbocycles. The normalized spacial score (nSPS) is 18.7. The van der Waals surface area contributed by atoms with Crippen molar-refractivity contribution < 1.29 is 18.6 Å². The molecule has 1 spiro atoms. The molecule has 1 aromatic heterocycles. The number of hydrogen-bond donors (Lipinski definition) is 1. The van der Waals surface area contributed by atoms with Crippen LogP contribution in [0.2, 0.25) is 0 Å². The molecule has 4 rings (SSSR count). The number of likely N-dealkylation sites (tertiary alicyclic amines) is 1. The summed E-state index contributed by atoms with van der Waals surface area (Å²) in [7, 11) is 0. The highest BCUT2D eigenvalue weighted by Crippen LogP contribution is 2.42. The number of nitrogens with one attached hydrogen (secondary N) is 1. The molecule has 0 saturated carbocycles. The zero-order valence-corrected chi connectivity index (χ0v) is 14.2. The second kappa shape index (κ2) is 6.44. The topological polar surface area (TPSA) is 78.7 Å². The van der Waals surface area contributed by atoms with Gasteiger partial charge in [-0.05, 0) is 25.0 Å². The van der Waals surface area contributed by atoms with Gasteiger partial charge in [0, 0.05) is 31.1 Å². The van der Waals surface area contributed by atoms with Gasteiger partial charge in [-0.3, -0.25) is 4.79 Å². The maximum absolute atomic E-state index is 15.1. The molecule has 136 valence electrons. The van der Waals surface area contributed by atoms with Crippen LogP contribution < -0.4 is 10.4 Å². The molecule has 3 heterocycles. The SMILES string of the molecule is O=C1CC2(CCN(C(=O)NCc3ccno3)CC2)N(F)c2ccccc21. The van der Waals surface area contributed by atoms with E-state index in [0.29, 0.717) is 42.9 Å². The van der Waals surface area contributed by atoms with Gasteiger partial charge in [-0.2, -0.15) is 0 Å². The summed E-state index contributed by atoms with van der Waals surface area (Å²) in [5.41, 5.74) is -0.118. The number of piperidine rings is 1. The predicted molar refractivity (Wildman–Crippen MR) is 91.3 cm³/mol. The Kier molecular flexibility index (Phi) is 4.10. The number of ketones is 1. The van der Waals surface area contributed by atoms with Crippen molar-refractivity contribution in [3.8, 4) is 0 Å². The van der Waals surface area contributed by atoms with Crippen molar-refractivity contribution in [3.05, 3.63) is 47.9 Å². The fraction of sp³-hybridized carbons (Fsp3) is 0.389. The molecule has 1 saturated heterocycles. The molecule has 1 N–H and O–H groups in total. The van der Waals surface area contributed by atoms with Gasteiger partial charge in [0.05, 0.1) is 24.0 Å². The smallest absolute Gasteiger partial charge is 0.317 e. The van der Waals surface area contributed by atoms with Crippen LogP contribution in [0.4, 0.5) is 15.0 Å². The molecule has 0 atom stereocenters. The maximum atomic E-state index is 15.1. The van der Waals surface area contributed by atoms with Gasteiger partial charge >= 0.3 is 6.03 Å². The van der Waals surface area contributed by atoms with Crippen molar-refractivity contribution in [3.63, 3.8) is 0 Å². The lowest BCUT2D eigenvalue weighted by molar-refractivity contribution is 0.0805. The third kappa shape index (κ3) is 2.81. The number of carbonyl (C=O) groups excluding carboxylic acids is 2. The van der Waals surface area contributed by atoms with Gasteiger partial charge in [0.1, 0.15) is 0 Å². The van der Waals surface area contributed by atoms with Crippen LogP contribution in [-0.4, -0.2) is 40.5 Å². The van der Waals surface area contributed by atoms with Gasteiger partial charge in [-0.1, -0.05) is 21.8 Å². The lowest BCUT2D eigenvalue weighted by Gasteiger charge is -2.47. The van der Waals surface area contributed by atoms with Gasteiger partial charge in [-0.15, -0.1) is 0 Å². The van der Waals surface area contributed by atoms with E-state index in [0.717, 1.165) is 5.12 Å². The molecule has 2 amide bonds. The van der Waals surface area contributed by atoms with E-state index < -0.39 is 5.54 Å². The highest BCUT2D eigenvalue weighted by atomic mass is 19.2. The number of fused-ring (bicyclic) bond motifs is 1. The van der Waals surface area contributed by atoms with E-state index in [1.54, 1.807) is 35.2 Å². The fourth-order valence-corrected chi connectivity index (χ4v) is 3.71. The summed E-state index contributed by atoms with van der Waals surface area (Å²) in [6.07, 6.45) is 2.45. The Balaban J connectivity index is 1.41. The van der Waals surface area contributed by atoms with Crippen LogP contribution in [0.15, 0.2) is 41.1 Å². The quantitative estimate of drug-likeness (QED) is 0.835. The summed E-state index contributed by atoms with van der Waals surface area (Å²) in [6.45, 7) is 1.03. The van der Waals surface area contributed by atoms with Crippen LogP contribution in [0.25, 0.3) is 0 Å². The Hall–Kier alpha value is -2.90.